The van der Waals surface area contributed by atoms with Gasteiger partial charge in [0.25, 0.3) is 0 Å². The quantitative estimate of drug-likeness (QED) is 0.502. The smallest absolute Gasteiger partial charge is 0.212 e. The zero-order chi connectivity index (χ0) is 12.3. The van der Waals surface area contributed by atoms with Crippen LogP contribution in [0.1, 0.15) is 53.4 Å². The standard InChI is InChI=1S/C14H28N2/c1-11(2)15(5)13-9-7-8-10-14(13)16(6)12(3)4/h13-14H,7-10H2,1-6H3/q+2/t13-,14+. The lowest BCUT2D eigenvalue weighted by Gasteiger charge is -2.26. The zero-order valence-electron chi connectivity index (χ0n) is 11.9. The monoisotopic (exact) mass is 224 g/mol. The highest BCUT2D eigenvalue weighted by molar-refractivity contribution is 5.74. The Morgan fingerprint density at radius 3 is 1.31 bits per heavy atom. The van der Waals surface area contributed by atoms with Crippen LogP contribution in [0, 0.1) is 0 Å². The summed E-state index contributed by atoms with van der Waals surface area (Å²) in [6.07, 6.45) is 5.44. The lowest BCUT2D eigenvalue weighted by Crippen LogP contribution is -2.46. The van der Waals surface area contributed by atoms with Gasteiger partial charge in [0.15, 0.2) is 0 Å². The molecule has 0 aromatic rings. The molecule has 1 rings (SSSR count). The summed E-state index contributed by atoms with van der Waals surface area (Å²) in [7, 11) is 4.49. The molecular weight excluding hydrogens is 196 g/mol. The van der Waals surface area contributed by atoms with Gasteiger partial charge in [0.2, 0.25) is 12.1 Å². The molecule has 0 saturated heterocycles. The number of likely N-dealkylation sites (N-methyl/N-ethyl adjacent to an activating group) is 2. The van der Waals surface area contributed by atoms with Crippen molar-refractivity contribution in [1.82, 2.24) is 0 Å². The number of nitrogens with zero attached hydrogens (tertiary/aromatic N) is 2. The SMILES string of the molecule is CC(C)=[N+](C)[C@@H]1CCCC[C@@H]1[N+](C)=C(C)C. The van der Waals surface area contributed by atoms with Gasteiger partial charge in [-0.2, -0.15) is 0 Å². The molecule has 0 heterocycles. The van der Waals surface area contributed by atoms with E-state index in [4.69, 9.17) is 0 Å². The highest BCUT2D eigenvalue weighted by Gasteiger charge is 2.38. The fourth-order valence-corrected chi connectivity index (χ4v) is 2.66. The van der Waals surface area contributed by atoms with E-state index in [-0.39, 0.29) is 0 Å². The molecule has 0 radical (unpaired) electrons. The minimum absolute atomic E-state index is 0.693. The van der Waals surface area contributed by atoms with Crippen LogP contribution in [-0.4, -0.2) is 46.8 Å². The number of rotatable bonds is 2. The zero-order valence-corrected chi connectivity index (χ0v) is 11.9. The third-order valence-corrected chi connectivity index (χ3v) is 4.10. The molecule has 0 amide bonds. The van der Waals surface area contributed by atoms with E-state index in [0.717, 1.165) is 0 Å². The van der Waals surface area contributed by atoms with E-state index in [1.165, 1.54) is 37.1 Å². The Morgan fingerprint density at radius 2 is 1.06 bits per heavy atom. The van der Waals surface area contributed by atoms with E-state index >= 15 is 0 Å². The minimum Gasteiger partial charge on any atom is -0.231 e. The molecule has 0 aliphatic heterocycles. The Morgan fingerprint density at radius 1 is 0.750 bits per heavy atom. The van der Waals surface area contributed by atoms with Crippen molar-refractivity contribution in [3.8, 4) is 0 Å². The normalized spacial score (nSPS) is 25.1. The summed E-state index contributed by atoms with van der Waals surface area (Å²) < 4.78 is 4.95. The fourth-order valence-electron chi connectivity index (χ4n) is 2.66. The van der Waals surface area contributed by atoms with Crippen molar-refractivity contribution in [1.29, 1.82) is 0 Å². The molecule has 1 fully saturated rings. The van der Waals surface area contributed by atoms with E-state index in [1.54, 1.807) is 0 Å². The van der Waals surface area contributed by atoms with Gasteiger partial charge in [-0.05, 0) is 12.8 Å². The molecule has 2 nitrogen and oxygen atoms in total. The Hall–Kier alpha value is -0.660. The Labute approximate surface area is 101 Å². The van der Waals surface area contributed by atoms with Gasteiger partial charge in [0, 0.05) is 40.5 Å². The average molecular weight is 224 g/mol. The van der Waals surface area contributed by atoms with Gasteiger partial charge in [-0.15, -0.1) is 0 Å². The lowest BCUT2D eigenvalue weighted by atomic mass is 9.89. The van der Waals surface area contributed by atoms with Crippen LogP contribution in [0.25, 0.3) is 0 Å². The van der Waals surface area contributed by atoms with Gasteiger partial charge >= 0.3 is 0 Å². The van der Waals surface area contributed by atoms with Crippen molar-refractivity contribution in [3.05, 3.63) is 0 Å². The first-order valence-corrected chi connectivity index (χ1v) is 6.51. The van der Waals surface area contributed by atoms with Crippen LogP contribution in [0.15, 0.2) is 0 Å². The fraction of sp³-hybridized carbons (Fsp3) is 0.857. The maximum Gasteiger partial charge on any atom is 0.212 e. The van der Waals surface area contributed by atoms with E-state index in [9.17, 15) is 0 Å². The number of hydrogen-bond acceptors (Lipinski definition) is 0. The molecule has 0 aromatic heterocycles. The van der Waals surface area contributed by atoms with Crippen molar-refractivity contribution >= 4 is 11.4 Å². The molecule has 0 spiro atoms. The van der Waals surface area contributed by atoms with E-state index in [1.807, 2.05) is 0 Å². The first-order valence-electron chi connectivity index (χ1n) is 6.51. The first-order chi connectivity index (χ1) is 7.45. The van der Waals surface area contributed by atoms with Gasteiger partial charge in [0.1, 0.15) is 25.5 Å². The Bertz CT molecular complexity index is 273. The molecule has 1 saturated carbocycles. The van der Waals surface area contributed by atoms with Crippen molar-refractivity contribution in [2.24, 2.45) is 0 Å². The minimum atomic E-state index is 0.693. The van der Waals surface area contributed by atoms with Crippen LogP contribution in [0.4, 0.5) is 0 Å². The van der Waals surface area contributed by atoms with Gasteiger partial charge in [-0.1, -0.05) is 0 Å². The summed E-state index contributed by atoms with van der Waals surface area (Å²) >= 11 is 0. The highest BCUT2D eigenvalue weighted by Crippen LogP contribution is 2.23. The molecule has 0 unspecified atom stereocenters. The summed E-state index contributed by atoms with van der Waals surface area (Å²) in [4.78, 5) is 0. The van der Waals surface area contributed by atoms with Gasteiger partial charge in [-0.25, -0.2) is 9.15 Å². The Balaban J connectivity index is 2.97. The van der Waals surface area contributed by atoms with Crippen LogP contribution in [0.2, 0.25) is 0 Å². The van der Waals surface area contributed by atoms with Crippen LogP contribution >= 0.6 is 0 Å². The average Bonchev–Trinajstić information content (AvgIpc) is 2.26. The molecule has 16 heavy (non-hydrogen) atoms. The summed E-state index contributed by atoms with van der Waals surface area (Å²) in [5, 5.41) is 0. The third kappa shape index (κ3) is 2.93. The predicted octanol–water partition coefficient (Wildman–Crippen LogP) is 2.54. The van der Waals surface area contributed by atoms with Crippen molar-refractivity contribution < 1.29 is 9.15 Å². The van der Waals surface area contributed by atoms with Crippen molar-refractivity contribution in [2.45, 2.75) is 65.5 Å². The molecule has 92 valence electrons. The van der Waals surface area contributed by atoms with E-state index < -0.39 is 0 Å². The predicted molar refractivity (Wildman–Crippen MR) is 71.1 cm³/mol. The largest absolute Gasteiger partial charge is 0.231 e. The van der Waals surface area contributed by atoms with Crippen molar-refractivity contribution in [2.75, 3.05) is 14.1 Å². The summed E-state index contributed by atoms with van der Waals surface area (Å²) in [6, 6.07) is 1.39. The Kier molecular flexibility index (Phi) is 4.69. The second-order valence-electron chi connectivity index (χ2n) is 5.54. The second-order valence-corrected chi connectivity index (χ2v) is 5.54. The summed E-state index contributed by atoms with van der Waals surface area (Å²) in [6.45, 7) is 8.87. The first kappa shape index (κ1) is 13.4. The van der Waals surface area contributed by atoms with Crippen LogP contribution in [-0.2, 0) is 0 Å². The van der Waals surface area contributed by atoms with Crippen LogP contribution < -0.4 is 0 Å². The molecule has 0 N–H and O–H groups in total. The summed E-state index contributed by atoms with van der Waals surface area (Å²) in [5.41, 5.74) is 2.86. The molecular formula is C14H28N2+2. The van der Waals surface area contributed by atoms with Gasteiger partial charge in [-0.3, -0.25) is 0 Å². The van der Waals surface area contributed by atoms with Gasteiger partial charge < -0.3 is 0 Å². The molecule has 2 heteroatoms. The molecule has 0 bridgehead atoms. The third-order valence-electron chi connectivity index (χ3n) is 4.10. The van der Waals surface area contributed by atoms with Crippen LogP contribution in [0.3, 0.4) is 0 Å². The maximum absolute atomic E-state index is 2.48. The second kappa shape index (κ2) is 5.60. The van der Waals surface area contributed by atoms with Crippen LogP contribution in [0.5, 0.6) is 0 Å². The molecule has 1 aliphatic rings. The van der Waals surface area contributed by atoms with E-state index in [0.29, 0.717) is 12.1 Å². The topological polar surface area (TPSA) is 6.02 Å². The maximum atomic E-state index is 2.48. The van der Waals surface area contributed by atoms with Crippen molar-refractivity contribution in [3.63, 3.8) is 0 Å². The van der Waals surface area contributed by atoms with Gasteiger partial charge in [0.05, 0.1) is 0 Å². The molecule has 2 atom stereocenters. The molecule has 1 aliphatic carbocycles. The summed E-state index contributed by atoms with van der Waals surface area (Å²) in [5.74, 6) is 0. The lowest BCUT2D eigenvalue weighted by molar-refractivity contribution is -0.636. The van der Waals surface area contributed by atoms with E-state index in [2.05, 4.69) is 50.9 Å². The number of hydrogen-bond donors (Lipinski definition) is 0. The molecule has 0 aromatic carbocycles. The highest BCUT2D eigenvalue weighted by atomic mass is 15.1.